The Morgan fingerprint density at radius 3 is 2.62 bits per heavy atom. The molecule has 0 aromatic carbocycles. The molecule has 1 aromatic rings. The Hall–Kier alpha value is -2.22. The predicted octanol–water partition coefficient (Wildman–Crippen LogP) is 0.455. The molecule has 2 amide bonds. The summed E-state index contributed by atoms with van der Waals surface area (Å²) in [5, 5.41) is 0. The van der Waals surface area contributed by atoms with E-state index in [0.29, 0.717) is 26.2 Å². The number of amides is 2. The lowest BCUT2D eigenvalue weighted by Crippen LogP contribution is -2.56. The van der Waals surface area contributed by atoms with Crippen LogP contribution in [0.5, 0.6) is 0 Å². The lowest BCUT2D eigenvalue weighted by Gasteiger charge is -2.41. The number of piperidine rings is 1. The normalized spacial score (nSPS) is 22.9. The number of hydrogen-bond donors (Lipinski definition) is 1. The molecule has 0 aliphatic carbocycles. The van der Waals surface area contributed by atoms with Crippen molar-refractivity contribution in [1.29, 1.82) is 0 Å². The van der Waals surface area contributed by atoms with Gasteiger partial charge in [0.15, 0.2) is 0 Å². The molecule has 0 saturated carbocycles. The van der Waals surface area contributed by atoms with Gasteiger partial charge in [0.2, 0.25) is 11.8 Å². The average molecular weight is 363 g/mol. The number of primary amides is 1. The first kappa shape index (κ1) is 18.6. The molecule has 2 aliphatic rings. The summed E-state index contributed by atoms with van der Waals surface area (Å²) in [6.45, 7) is 5.89. The molecule has 2 unspecified atom stereocenters. The summed E-state index contributed by atoms with van der Waals surface area (Å²) in [4.78, 5) is 34.1. The van der Waals surface area contributed by atoms with E-state index in [2.05, 4.69) is 14.8 Å². The molecular formula is C18H26FN5O2. The summed E-state index contributed by atoms with van der Waals surface area (Å²) < 4.78 is 13.3. The number of nitrogens with two attached hydrogens (primary N) is 1. The molecule has 2 N–H and O–H groups in total. The van der Waals surface area contributed by atoms with Gasteiger partial charge in [-0.1, -0.05) is 0 Å². The molecule has 2 aliphatic heterocycles. The van der Waals surface area contributed by atoms with Crippen molar-refractivity contribution >= 4 is 17.5 Å². The maximum atomic E-state index is 13.3. The zero-order chi connectivity index (χ0) is 18.7. The number of nitrogens with zero attached hydrogens (tertiary/aromatic N) is 4. The highest BCUT2D eigenvalue weighted by Crippen LogP contribution is 2.20. The largest absolute Gasteiger partial charge is 0.369 e. The van der Waals surface area contributed by atoms with Crippen LogP contribution in [0.2, 0.25) is 0 Å². The van der Waals surface area contributed by atoms with E-state index < -0.39 is 0 Å². The Bertz CT molecular complexity index is 663. The third kappa shape index (κ3) is 4.12. The minimum Gasteiger partial charge on any atom is -0.369 e. The Morgan fingerprint density at radius 1 is 1.23 bits per heavy atom. The molecule has 26 heavy (non-hydrogen) atoms. The van der Waals surface area contributed by atoms with Gasteiger partial charge in [-0.05, 0) is 19.8 Å². The zero-order valence-corrected chi connectivity index (χ0v) is 15.1. The summed E-state index contributed by atoms with van der Waals surface area (Å²) in [5.41, 5.74) is 6.17. The van der Waals surface area contributed by atoms with Crippen LogP contribution in [0.25, 0.3) is 0 Å². The van der Waals surface area contributed by atoms with Gasteiger partial charge in [-0.25, -0.2) is 4.39 Å². The molecule has 0 spiro atoms. The van der Waals surface area contributed by atoms with E-state index in [4.69, 9.17) is 5.73 Å². The maximum Gasteiger partial charge on any atom is 0.239 e. The predicted molar refractivity (Wildman–Crippen MR) is 95.9 cm³/mol. The molecule has 3 heterocycles. The van der Waals surface area contributed by atoms with Gasteiger partial charge in [0.05, 0.1) is 30.0 Å². The van der Waals surface area contributed by atoms with E-state index in [-0.39, 0.29) is 29.6 Å². The van der Waals surface area contributed by atoms with Crippen molar-refractivity contribution in [3.63, 3.8) is 0 Å². The monoisotopic (exact) mass is 363 g/mol. The summed E-state index contributed by atoms with van der Waals surface area (Å²) in [6.07, 6.45) is 4.42. The zero-order valence-electron chi connectivity index (χ0n) is 15.1. The molecule has 0 radical (unpaired) electrons. The Morgan fingerprint density at radius 2 is 1.96 bits per heavy atom. The first-order valence-corrected chi connectivity index (χ1v) is 9.13. The molecule has 3 rings (SSSR count). The molecule has 1 aromatic heterocycles. The Labute approximate surface area is 152 Å². The van der Waals surface area contributed by atoms with Gasteiger partial charge in [0, 0.05) is 45.3 Å². The highest BCUT2D eigenvalue weighted by Gasteiger charge is 2.32. The first-order chi connectivity index (χ1) is 12.5. The van der Waals surface area contributed by atoms with E-state index >= 15 is 0 Å². The van der Waals surface area contributed by atoms with Gasteiger partial charge in [0.25, 0.3) is 0 Å². The SMILES string of the molecule is CC(C(=O)N1CCCC(C(N)=O)C1)N1CCN(c2cncc(F)c2)CC1. The van der Waals surface area contributed by atoms with Crippen molar-refractivity contribution in [2.45, 2.75) is 25.8 Å². The lowest BCUT2D eigenvalue weighted by atomic mass is 9.97. The highest BCUT2D eigenvalue weighted by atomic mass is 19.1. The number of carbonyl (C=O) groups excluding carboxylic acids is 2. The quantitative estimate of drug-likeness (QED) is 0.840. The fourth-order valence-electron chi connectivity index (χ4n) is 3.77. The minimum atomic E-state index is -0.345. The van der Waals surface area contributed by atoms with Gasteiger partial charge < -0.3 is 15.5 Å². The number of hydrogen-bond acceptors (Lipinski definition) is 5. The standard InChI is InChI=1S/C18H26FN5O2/c1-13(18(26)24-4-2-3-14(12-24)17(20)25)22-5-7-23(8-6-22)16-9-15(19)10-21-11-16/h9-11,13-14H,2-8,12H2,1H3,(H2,20,25). The molecule has 2 saturated heterocycles. The average Bonchev–Trinajstić information content (AvgIpc) is 2.67. The van der Waals surface area contributed by atoms with Crippen molar-refractivity contribution in [3.05, 3.63) is 24.3 Å². The highest BCUT2D eigenvalue weighted by molar-refractivity contribution is 5.83. The van der Waals surface area contributed by atoms with Crippen LogP contribution < -0.4 is 10.6 Å². The molecule has 2 fully saturated rings. The van der Waals surface area contributed by atoms with E-state index in [9.17, 15) is 14.0 Å². The molecule has 7 nitrogen and oxygen atoms in total. The van der Waals surface area contributed by atoms with Crippen molar-refractivity contribution < 1.29 is 14.0 Å². The maximum absolute atomic E-state index is 13.3. The minimum absolute atomic E-state index is 0.0526. The number of anilines is 1. The number of pyridine rings is 1. The van der Waals surface area contributed by atoms with E-state index in [1.165, 1.54) is 12.3 Å². The van der Waals surface area contributed by atoms with Crippen molar-refractivity contribution in [2.75, 3.05) is 44.2 Å². The number of halogens is 1. The smallest absolute Gasteiger partial charge is 0.239 e. The summed E-state index contributed by atoms with van der Waals surface area (Å²) in [7, 11) is 0. The molecule has 8 heteroatoms. The van der Waals surface area contributed by atoms with Crippen LogP contribution in [-0.2, 0) is 9.59 Å². The summed E-state index contributed by atoms with van der Waals surface area (Å²) in [6, 6.07) is 1.24. The number of piperazine rings is 1. The van der Waals surface area contributed by atoms with Crippen LogP contribution in [0, 0.1) is 11.7 Å². The van der Waals surface area contributed by atoms with Gasteiger partial charge >= 0.3 is 0 Å². The first-order valence-electron chi connectivity index (χ1n) is 9.13. The number of aromatic nitrogens is 1. The van der Waals surface area contributed by atoms with Crippen LogP contribution >= 0.6 is 0 Å². The Kier molecular flexibility index (Phi) is 5.70. The second-order valence-electron chi connectivity index (χ2n) is 7.09. The summed E-state index contributed by atoms with van der Waals surface area (Å²) in [5.74, 6) is -0.857. The number of carbonyl (C=O) groups is 2. The van der Waals surface area contributed by atoms with Gasteiger partial charge in [-0.3, -0.25) is 19.5 Å². The van der Waals surface area contributed by atoms with Gasteiger partial charge in [-0.15, -0.1) is 0 Å². The fraction of sp³-hybridized carbons (Fsp3) is 0.611. The van der Waals surface area contributed by atoms with Crippen LogP contribution in [0.3, 0.4) is 0 Å². The van der Waals surface area contributed by atoms with Crippen molar-refractivity contribution in [3.8, 4) is 0 Å². The second-order valence-corrected chi connectivity index (χ2v) is 7.09. The fourth-order valence-corrected chi connectivity index (χ4v) is 3.77. The second kappa shape index (κ2) is 7.99. The van der Waals surface area contributed by atoms with E-state index in [0.717, 1.165) is 31.6 Å². The molecule has 2 atom stereocenters. The van der Waals surface area contributed by atoms with Crippen LogP contribution in [0.1, 0.15) is 19.8 Å². The third-order valence-corrected chi connectivity index (χ3v) is 5.41. The number of rotatable bonds is 4. The van der Waals surface area contributed by atoms with E-state index in [1.54, 1.807) is 11.1 Å². The van der Waals surface area contributed by atoms with Crippen LogP contribution in [-0.4, -0.2) is 71.9 Å². The molecular weight excluding hydrogens is 337 g/mol. The summed E-state index contributed by atoms with van der Waals surface area (Å²) >= 11 is 0. The van der Waals surface area contributed by atoms with Crippen molar-refractivity contribution in [1.82, 2.24) is 14.8 Å². The Balaban J connectivity index is 1.55. The molecule has 0 bridgehead atoms. The third-order valence-electron chi connectivity index (χ3n) is 5.41. The van der Waals surface area contributed by atoms with Crippen molar-refractivity contribution in [2.24, 2.45) is 11.7 Å². The number of likely N-dealkylation sites (tertiary alicyclic amines) is 1. The van der Waals surface area contributed by atoms with Crippen LogP contribution in [0.4, 0.5) is 10.1 Å². The van der Waals surface area contributed by atoms with Crippen LogP contribution in [0.15, 0.2) is 18.5 Å². The topological polar surface area (TPSA) is 82.8 Å². The molecule has 142 valence electrons. The van der Waals surface area contributed by atoms with E-state index in [1.807, 2.05) is 6.92 Å². The lowest BCUT2D eigenvalue weighted by molar-refractivity contribution is -0.139. The van der Waals surface area contributed by atoms with Gasteiger partial charge in [-0.2, -0.15) is 0 Å². The van der Waals surface area contributed by atoms with Gasteiger partial charge in [0.1, 0.15) is 5.82 Å².